The van der Waals surface area contributed by atoms with Gasteiger partial charge in [0.15, 0.2) is 0 Å². The average Bonchev–Trinajstić information content (AvgIpc) is 2.93. The highest BCUT2D eigenvalue weighted by molar-refractivity contribution is 5.09. The fourth-order valence-corrected chi connectivity index (χ4v) is 3.10. The maximum atomic E-state index is 3.96. The minimum absolute atomic E-state index is 0.530. The number of rotatable bonds is 6. The molecular formula is C15H26. The van der Waals surface area contributed by atoms with Gasteiger partial charge in [-0.25, -0.2) is 0 Å². The zero-order chi connectivity index (χ0) is 11.6. The van der Waals surface area contributed by atoms with Crippen LogP contribution in [0.2, 0.25) is 0 Å². The van der Waals surface area contributed by atoms with E-state index in [2.05, 4.69) is 53.0 Å². The van der Waals surface area contributed by atoms with E-state index in [4.69, 9.17) is 0 Å². The van der Waals surface area contributed by atoms with E-state index in [0.717, 1.165) is 11.8 Å². The molecule has 86 valence electrons. The van der Waals surface area contributed by atoms with Crippen molar-refractivity contribution < 1.29 is 0 Å². The third-order valence-corrected chi connectivity index (χ3v) is 4.81. The van der Waals surface area contributed by atoms with Crippen LogP contribution in [0.25, 0.3) is 0 Å². The highest BCUT2D eigenvalue weighted by Gasteiger charge is 2.55. The molecule has 0 aromatic heterocycles. The van der Waals surface area contributed by atoms with E-state index in [-0.39, 0.29) is 0 Å². The molecule has 0 radical (unpaired) electrons. The highest BCUT2D eigenvalue weighted by atomic mass is 14.6. The molecule has 1 aliphatic carbocycles. The van der Waals surface area contributed by atoms with E-state index in [1.54, 1.807) is 0 Å². The molecule has 0 spiro atoms. The van der Waals surface area contributed by atoms with Crippen LogP contribution in [0.4, 0.5) is 0 Å². The molecule has 0 aromatic carbocycles. The summed E-state index contributed by atoms with van der Waals surface area (Å²) in [6.45, 7) is 17.3. The monoisotopic (exact) mass is 206 g/mol. The maximum Gasteiger partial charge on any atom is -0.0208 e. The van der Waals surface area contributed by atoms with Gasteiger partial charge in [0, 0.05) is 0 Å². The Labute approximate surface area is 95.5 Å². The van der Waals surface area contributed by atoms with Crippen LogP contribution in [0.1, 0.15) is 40.5 Å². The summed E-state index contributed by atoms with van der Waals surface area (Å²) >= 11 is 0. The Hall–Kier alpha value is -0.520. The Kier molecular flexibility index (Phi) is 3.81. The third kappa shape index (κ3) is 2.19. The van der Waals surface area contributed by atoms with E-state index in [9.17, 15) is 0 Å². The van der Waals surface area contributed by atoms with Crippen molar-refractivity contribution in [2.75, 3.05) is 0 Å². The SMILES string of the molecule is C=CC(C)C1CC1(C)C(C)C(C=C)CC. The second-order valence-electron chi connectivity index (χ2n) is 5.51. The van der Waals surface area contributed by atoms with Crippen molar-refractivity contribution in [2.24, 2.45) is 29.1 Å². The van der Waals surface area contributed by atoms with Gasteiger partial charge in [-0.3, -0.25) is 0 Å². The van der Waals surface area contributed by atoms with Crippen molar-refractivity contribution in [1.29, 1.82) is 0 Å². The largest absolute Gasteiger partial charge is 0.103 e. The molecule has 15 heavy (non-hydrogen) atoms. The van der Waals surface area contributed by atoms with E-state index in [0.29, 0.717) is 17.3 Å². The Morgan fingerprint density at radius 3 is 2.33 bits per heavy atom. The summed E-state index contributed by atoms with van der Waals surface area (Å²) in [6.07, 6.45) is 6.84. The first-order valence-corrected chi connectivity index (χ1v) is 6.26. The van der Waals surface area contributed by atoms with Crippen molar-refractivity contribution in [1.82, 2.24) is 0 Å². The van der Waals surface area contributed by atoms with Gasteiger partial charge in [0.25, 0.3) is 0 Å². The molecule has 5 atom stereocenters. The smallest absolute Gasteiger partial charge is 0.0208 e. The molecule has 1 fully saturated rings. The molecule has 1 saturated carbocycles. The van der Waals surface area contributed by atoms with Gasteiger partial charge in [0.2, 0.25) is 0 Å². The van der Waals surface area contributed by atoms with Gasteiger partial charge < -0.3 is 0 Å². The molecule has 0 nitrogen and oxygen atoms in total. The molecule has 0 saturated heterocycles. The minimum atomic E-state index is 0.530. The average molecular weight is 206 g/mol. The Morgan fingerprint density at radius 1 is 1.33 bits per heavy atom. The van der Waals surface area contributed by atoms with Gasteiger partial charge in [0.05, 0.1) is 0 Å². The normalized spacial score (nSPS) is 35.3. The molecule has 0 aromatic rings. The summed E-state index contributed by atoms with van der Waals surface area (Å²) in [5.41, 5.74) is 0.530. The molecule has 0 amide bonds. The third-order valence-electron chi connectivity index (χ3n) is 4.81. The summed E-state index contributed by atoms with van der Waals surface area (Å²) in [4.78, 5) is 0. The van der Waals surface area contributed by atoms with Gasteiger partial charge in [-0.2, -0.15) is 0 Å². The summed E-state index contributed by atoms with van der Waals surface area (Å²) in [5.74, 6) is 2.95. The van der Waals surface area contributed by atoms with Crippen molar-refractivity contribution in [3.63, 3.8) is 0 Å². The summed E-state index contributed by atoms with van der Waals surface area (Å²) < 4.78 is 0. The Morgan fingerprint density at radius 2 is 1.93 bits per heavy atom. The first-order valence-electron chi connectivity index (χ1n) is 6.26. The van der Waals surface area contributed by atoms with Crippen LogP contribution >= 0.6 is 0 Å². The van der Waals surface area contributed by atoms with Crippen molar-refractivity contribution >= 4 is 0 Å². The molecular weight excluding hydrogens is 180 g/mol. The molecule has 5 unspecified atom stereocenters. The fraction of sp³-hybridized carbons (Fsp3) is 0.733. The Balaban J connectivity index is 2.65. The van der Waals surface area contributed by atoms with Gasteiger partial charge >= 0.3 is 0 Å². The Bertz CT molecular complexity index is 240. The van der Waals surface area contributed by atoms with E-state index in [1.165, 1.54) is 12.8 Å². The molecule has 1 rings (SSSR count). The minimum Gasteiger partial charge on any atom is -0.103 e. The summed E-state index contributed by atoms with van der Waals surface area (Å²) in [6, 6.07) is 0. The first-order chi connectivity index (χ1) is 7.01. The predicted molar refractivity (Wildman–Crippen MR) is 68.7 cm³/mol. The first kappa shape index (κ1) is 12.5. The van der Waals surface area contributed by atoms with Crippen LogP contribution in [0.15, 0.2) is 25.3 Å². The fourth-order valence-electron chi connectivity index (χ4n) is 3.10. The van der Waals surface area contributed by atoms with Gasteiger partial charge in [0.1, 0.15) is 0 Å². The van der Waals surface area contributed by atoms with E-state index in [1.807, 2.05) is 0 Å². The molecule has 1 aliphatic rings. The lowest BCUT2D eigenvalue weighted by Crippen LogP contribution is -2.21. The van der Waals surface area contributed by atoms with E-state index < -0.39 is 0 Å². The molecule has 0 bridgehead atoms. The van der Waals surface area contributed by atoms with Gasteiger partial charge in [-0.1, -0.05) is 39.8 Å². The van der Waals surface area contributed by atoms with Crippen LogP contribution < -0.4 is 0 Å². The predicted octanol–water partition coefficient (Wildman–Crippen LogP) is 4.68. The summed E-state index contributed by atoms with van der Waals surface area (Å²) in [5, 5.41) is 0. The summed E-state index contributed by atoms with van der Waals surface area (Å²) in [7, 11) is 0. The van der Waals surface area contributed by atoms with Crippen LogP contribution in [0.5, 0.6) is 0 Å². The van der Waals surface area contributed by atoms with Crippen molar-refractivity contribution in [2.45, 2.75) is 40.5 Å². The second kappa shape index (κ2) is 4.55. The molecule has 0 heterocycles. The zero-order valence-electron chi connectivity index (χ0n) is 10.8. The molecule has 0 aliphatic heterocycles. The highest BCUT2D eigenvalue weighted by Crippen LogP contribution is 2.62. The lowest BCUT2D eigenvalue weighted by atomic mass is 9.77. The van der Waals surface area contributed by atoms with Gasteiger partial charge in [-0.15, -0.1) is 13.2 Å². The molecule has 0 heteroatoms. The lowest BCUT2D eigenvalue weighted by Gasteiger charge is -2.28. The van der Waals surface area contributed by atoms with Crippen LogP contribution in [-0.4, -0.2) is 0 Å². The lowest BCUT2D eigenvalue weighted by molar-refractivity contribution is 0.244. The van der Waals surface area contributed by atoms with Crippen LogP contribution in [0, 0.1) is 29.1 Å². The van der Waals surface area contributed by atoms with E-state index >= 15 is 0 Å². The number of allylic oxidation sites excluding steroid dienone is 2. The van der Waals surface area contributed by atoms with Crippen molar-refractivity contribution in [3.05, 3.63) is 25.3 Å². The van der Waals surface area contributed by atoms with Crippen LogP contribution in [-0.2, 0) is 0 Å². The van der Waals surface area contributed by atoms with Crippen LogP contribution in [0.3, 0.4) is 0 Å². The molecule has 0 N–H and O–H groups in total. The number of hydrogen-bond donors (Lipinski definition) is 0. The van der Waals surface area contributed by atoms with Gasteiger partial charge in [-0.05, 0) is 41.9 Å². The second-order valence-corrected chi connectivity index (χ2v) is 5.51. The maximum absolute atomic E-state index is 3.96. The quantitative estimate of drug-likeness (QED) is 0.553. The topological polar surface area (TPSA) is 0 Å². The van der Waals surface area contributed by atoms with Crippen molar-refractivity contribution in [3.8, 4) is 0 Å². The zero-order valence-corrected chi connectivity index (χ0v) is 10.8. The standard InChI is InChI=1S/C15H26/c1-7-11(4)14-10-15(14,6)12(5)13(8-2)9-3/h7-8,11-14H,1-2,9-10H2,3-6H3. The number of hydrogen-bond acceptors (Lipinski definition) is 0.